The molecule has 0 saturated carbocycles. The zero-order chi connectivity index (χ0) is 25.3. The predicted octanol–water partition coefficient (Wildman–Crippen LogP) is 7.71. The second-order valence-electron chi connectivity index (χ2n) is 7.78. The van der Waals surface area contributed by atoms with E-state index in [2.05, 4.69) is 26.6 Å². The van der Waals surface area contributed by atoms with Gasteiger partial charge in [-0.3, -0.25) is 9.59 Å². The Morgan fingerprint density at radius 1 is 0.833 bits per heavy atom. The Hall–Kier alpha value is -3.68. The average molecular weight is 561 g/mol. The van der Waals surface area contributed by atoms with Gasteiger partial charge in [0, 0.05) is 21.1 Å². The third kappa shape index (κ3) is 7.16. The largest absolute Gasteiger partial charge is 0.323 e. The number of thioether (sulfide) groups is 1. The van der Waals surface area contributed by atoms with Crippen LogP contribution in [0, 0.1) is 5.82 Å². The molecule has 0 aliphatic rings. The van der Waals surface area contributed by atoms with Crippen LogP contribution in [0.15, 0.2) is 119 Å². The van der Waals surface area contributed by atoms with E-state index in [1.54, 1.807) is 24.3 Å². The molecular weight excluding hydrogens is 539 g/mol. The summed E-state index contributed by atoms with van der Waals surface area (Å²) in [6.45, 7) is 0. The number of benzene rings is 4. The van der Waals surface area contributed by atoms with Gasteiger partial charge in [0.25, 0.3) is 0 Å². The van der Waals surface area contributed by atoms with Gasteiger partial charge < -0.3 is 10.6 Å². The zero-order valence-corrected chi connectivity index (χ0v) is 21.4. The van der Waals surface area contributed by atoms with Crippen LogP contribution < -0.4 is 10.6 Å². The van der Waals surface area contributed by atoms with Crippen molar-refractivity contribution in [2.75, 3.05) is 10.6 Å². The molecule has 0 spiro atoms. The van der Waals surface area contributed by atoms with Crippen molar-refractivity contribution in [3.8, 4) is 0 Å². The summed E-state index contributed by atoms with van der Waals surface area (Å²) in [5.41, 5.74) is 2.49. The molecule has 4 nitrogen and oxygen atoms in total. The first-order valence-electron chi connectivity index (χ1n) is 11.1. The third-order valence-electron chi connectivity index (χ3n) is 5.13. The number of hydrogen-bond acceptors (Lipinski definition) is 3. The molecule has 2 N–H and O–H groups in total. The van der Waals surface area contributed by atoms with Crippen molar-refractivity contribution in [1.29, 1.82) is 0 Å². The molecule has 4 aromatic carbocycles. The molecule has 0 aliphatic heterocycles. The fraction of sp³-hybridized carbons (Fsp3) is 0.0345. The van der Waals surface area contributed by atoms with Gasteiger partial charge in [-0.2, -0.15) is 0 Å². The summed E-state index contributed by atoms with van der Waals surface area (Å²) in [6, 6.07) is 30.6. The van der Waals surface area contributed by atoms with E-state index < -0.39 is 11.1 Å². The number of nitrogens with one attached hydrogen (secondary N) is 2. The van der Waals surface area contributed by atoms with Gasteiger partial charge in [0.1, 0.15) is 11.1 Å². The number of hydrogen-bond donors (Lipinski definition) is 2. The predicted molar refractivity (Wildman–Crippen MR) is 148 cm³/mol. The van der Waals surface area contributed by atoms with Crippen LogP contribution >= 0.6 is 27.7 Å². The SMILES string of the molecule is O=C(/C=C/c1ccccc1)Nc1ccc(SC(C(=O)Nc2ccc(Br)cc2F)c2ccccc2)cc1. The Kier molecular flexibility index (Phi) is 8.71. The standard InChI is InChI=1S/C29H22BrFN2O2S/c30-22-12-17-26(25(31)19-22)33-29(35)28(21-9-5-2-6-10-21)36-24-15-13-23(14-16-24)32-27(34)18-11-20-7-3-1-4-8-20/h1-19,28H,(H,32,34)(H,33,35)/b18-11+. The molecule has 0 saturated heterocycles. The Morgan fingerprint density at radius 3 is 2.17 bits per heavy atom. The summed E-state index contributed by atoms with van der Waals surface area (Å²) in [4.78, 5) is 26.3. The number of rotatable bonds is 8. The minimum atomic E-state index is -0.608. The van der Waals surface area contributed by atoms with E-state index in [9.17, 15) is 14.0 Å². The lowest BCUT2D eigenvalue weighted by Gasteiger charge is -2.18. The second-order valence-corrected chi connectivity index (χ2v) is 9.87. The van der Waals surface area contributed by atoms with Crippen LogP contribution in [0.25, 0.3) is 6.08 Å². The van der Waals surface area contributed by atoms with Gasteiger partial charge >= 0.3 is 0 Å². The molecule has 0 fully saturated rings. The first-order chi connectivity index (χ1) is 17.5. The van der Waals surface area contributed by atoms with Crippen molar-refractivity contribution in [2.24, 2.45) is 0 Å². The summed E-state index contributed by atoms with van der Waals surface area (Å²) >= 11 is 4.57. The molecule has 0 aliphatic carbocycles. The molecule has 1 atom stereocenters. The fourth-order valence-corrected chi connectivity index (χ4v) is 4.72. The fourth-order valence-electron chi connectivity index (χ4n) is 3.36. The second kappa shape index (κ2) is 12.3. The van der Waals surface area contributed by atoms with Crippen molar-refractivity contribution >= 4 is 57.0 Å². The molecule has 0 aromatic heterocycles. The Labute approximate surface area is 221 Å². The van der Waals surface area contributed by atoms with E-state index in [1.807, 2.05) is 72.8 Å². The Morgan fingerprint density at radius 2 is 1.50 bits per heavy atom. The van der Waals surface area contributed by atoms with Crippen LogP contribution in [-0.2, 0) is 9.59 Å². The molecule has 0 bridgehead atoms. The number of amides is 2. The van der Waals surface area contributed by atoms with Crippen LogP contribution in [0.5, 0.6) is 0 Å². The quantitative estimate of drug-likeness (QED) is 0.171. The maximum atomic E-state index is 14.3. The smallest absolute Gasteiger partial charge is 0.248 e. The number of anilines is 2. The summed E-state index contributed by atoms with van der Waals surface area (Å²) < 4.78 is 14.9. The third-order valence-corrected chi connectivity index (χ3v) is 6.89. The van der Waals surface area contributed by atoms with Gasteiger partial charge in [-0.15, -0.1) is 11.8 Å². The van der Waals surface area contributed by atoms with Gasteiger partial charge in [-0.05, 0) is 59.7 Å². The van der Waals surface area contributed by atoms with Crippen LogP contribution in [0.2, 0.25) is 0 Å². The van der Waals surface area contributed by atoms with Crippen molar-refractivity contribution < 1.29 is 14.0 Å². The van der Waals surface area contributed by atoms with Crippen LogP contribution in [0.1, 0.15) is 16.4 Å². The Bertz CT molecular complexity index is 1360. The van der Waals surface area contributed by atoms with E-state index in [0.717, 1.165) is 16.0 Å². The van der Waals surface area contributed by atoms with E-state index >= 15 is 0 Å². The maximum Gasteiger partial charge on any atom is 0.248 e. The molecule has 4 aromatic rings. The topological polar surface area (TPSA) is 58.2 Å². The number of halogens is 2. The molecule has 180 valence electrons. The molecule has 36 heavy (non-hydrogen) atoms. The van der Waals surface area contributed by atoms with Crippen LogP contribution in [0.4, 0.5) is 15.8 Å². The molecular formula is C29H22BrFN2O2S. The molecule has 2 amide bonds. The number of carbonyl (C=O) groups is 2. The molecule has 7 heteroatoms. The first-order valence-corrected chi connectivity index (χ1v) is 12.8. The molecule has 0 heterocycles. The summed E-state index contributed by atoms with van der Waals surface area (Å²) in [7, 11) is 0. The van der Waals surface area contributed by atoms with E-state index in [4.69, 9.17) is 0 Å². The summed E-state index contributed by atoms with van der Waals surface area (Å²) in [5, 5.41) is 4.92. The number of carbonyl (C=O) groups excluding carboxylic acids is 2. The van der Waals surface area contributed by atoms with E-state index in [-0.39, 0.29) is 17.5 Å². The van der Waals surface area contributed by atoms with Gasteiger partial charge in [-0.1, -0.05) is 76.6 Å². The van der Waals surface area contributed by atoms with Gasteiger partial charge in [0.2, 0.25) is 11.8 Å². The molecule has 1 unspecified atom stereocenters. The van der Waals surface area contributed by atoms with Crippen LogP contribution in [-0.4, -0.2) is 11.8 Å². The highest BCUT2D eigenvalue weighted by atomic mass is 79.9. The van der Waals surface area contributed by atoms with E-state index in [0.29, 0.717) is 10.2 Å². The zero-order valence-electron chi connectivity index (χ0n) is 19.0. The maximum absolute atomic E-state index is 14.3. The van der Waals surface area contributed by atoms with Crippen LogP contribution in [0.3, 0.4) is 0 Å². The summed E-state index contributed by atoms with van der Waals surface area (Å²) in [6.07, 6.45) is 3.23. The first kappa shape index (κ1) is 25.4. The van der Waals surface area contributed by atoms with Crippen molar-refractivity contribution in [3.63, 3.8) is 0 Å². The van der Waals surface area contributed by atoms with Crippen molar-refractivity contribution in [3.05, 3.63) is 131 Å². The lowest BCUT2D eigenvalue weighted by Crippen LogP contribution is -2.19. The van der Waals surface area contributed by atoms with Gasteiger partial charge in [-0.25, -0.2) is 4.39 Å². The van der Waals surface area contributed by atoms with Crippen molar-refractivity contribution in [2.45, 2.75) is 10.1 Å². The highest BCUT2D eigenvalue weighted by Crippen LogP contribution is 2.37. The minimum absolute atomic E-state index is 0.117. The molecule has 4 rings (SSSR count). The minimum Gasteiger partial charge on any atom is -0.323 e. The summed E-state index contributed by atoms with van der Waals surface area (Å²) in [5.74, 6) is -1.09. The van der Waals surface area contributed by atoms with Gasteiger partial charge in [0.15, 0.2) is 0 Å². The highest BCUT2D eigenvalue weighted by molar-refractivity contribution is 9.10. The van der Waals surface area contributed by atoms with Gasteiger partial charge in [0.05, 0.1) is 5.69 Å². The normalized spacial score (nSPS) is 11.7. The highest BCUT2D eigenvalue weighted by Gasteiger charge is 2.23. The average Bonchev–Trinajstić information content (AvgIpc) is 2.89. The lowest BCUT2D eigenvalue weighted by molar-refractivity contribution is -0.116. The van der Waals surface area contributed by atoms with Crippen molar-refractivity contribution in [1.82, 2.24) is 0 Å². The monoisotopic (exact) mass is 560 g/mol. The lowest BCUT2D eigenvalue weighted by atomic mass is 10.1. The van der Waals surface area contributed by atoms with E-state index in [1.165, 1.54) is 30.0 Å². The molecule has 0 radical (unpaired) electrons. The Balaban J connectivity index is 1.45.